The van der Waals surface area contributed by atoms with Gasteiger partial charge in [-0.05, 0) is 73.4 Å². The van der Waals surface area contributed by atoms with E-state index in [2.05, 4.69) is 25.1 Å². The van der Waals surface area contributed by atoms with Crippen LogP contribution in [0.3, 0.4) is 0 Å². The number of alkyl halides is 3. The second kappa shape index (κ2) is 13.2. The predicted octanol–water partition coefficient (Wildman–Crippen LogP) is 5.93. The van der Waals surface area contributed by atoms with Crippen molar-refractivity contribution in [3.05, 3.63) is 84.2 Å². The van der Waals surface area contributed by atoms with Crippen molar-refractivity contribution >= 4 is 34.6 Å². The predicted molar refractivity (Wildman–Crippen MR) is 160 cm³/mol. The fraction of sp³-hybridized carbons (Fsp3) is 0.233. The number of nitrogens with zero attached hydrogens (tertiary/aromatic N) is 5. The molecular weight excluding hydrogens is 597 g/mol. The minimum Gasteiger partial charge on any atom is -0.497 e. The third kappa shape index (κ3) is 7.56. The van der Waals surface area contributed by atoms with Crippen LogP contribution in [0, 0.1) is 6.92 Å². The maximum absolute atomic E-state index is 12.5. The number of methoxy groups -OCH3 is 1. The van der Waals surface area contributed by atoms with Crippen molar-refractivity contribution in [2.45, 2.75) is 26.1 Å². The number of halogens is 3. The van der Waals surface area contributed by atoms with Crippen molar-refractivity contribution in [3.63, 3.8) is 0 Å². The number of thioether (sulfide) groups is 1. The van der Waals surface area contributed by atoms with E-state index in [9.17, 15) is 22.8 Å². The summed E-state index contributed by atoms with van der Waals surface area (Å²) in [6.07, 6.45) is -1.90. The van der Waals surface area contributed by atoms with E-state index in [0.717, 1.165) is 16.7 Å². The molecule has 14 heteroatoms. The molecule has 0 unspecified atom stereocenters. The molecule has 10 nitrogen and oxygen atoms in total. The summed E-state index contributed by atoms with van der Waals surface area (Å²) < 4.78 is 47.7. The maximum Gasteiger partial charge on any atom is 0.573 e. The lowest BCUT2D eigenvalue weighted by Gasteiger charge is -2.18. The number of anilines is 1. The van der Waals surface area contributed by atoms with E-state index in [1.165, 1.54) is 51.9 Å². The Morgan fingerprint density at radius 3 is 2.48 bits per heavy atom. The minimum atomic E-state index is -4.76. The average Bonchev–Trinajstić information content (AvgIpc) is 3.62. The number of urea groups is 1. The summed E-state index contributed by atoms with van der Waals surface area (Å²) in [6.45, 7) is 2.26. The summed E-state index contributed by atoms with van der Waals surface area (Å²) in [5.41, 5.74) is 3.84. The first-order valence-corrected chi connectivity index (χ1v) is 14.4. The van der Waals surface area contributed by atoms with E-state index >= 15 is 0 Å². The van der Waals surface area contributed by atoms with Crippen LogP contribution in [0.5, 0.6) is 11.5 Å². The SMILES string of the molecule is COc1ccc(N2C(=O)CSC2=NC(=O)NCCCc2ccc(-c3ncn(-c4ccc(OC(F)(F)F)cc4)n3)cc2)c(C)c1. The van der Waals surface area contributed by atoms with Gasteiger partial charge in [0.25, 0.3) is 0 Å². The number of hydrogen-bond acceptors (Lipinski definition) is 7. The third-order valence-electron chi connectivity index (χ3n) is 6.56. The van der Waals surface area contributed by atoms with E-state index in [1.54, 1.807) is 19.2 Å². The van der Waals surface area contributed by atoms with Crippen LogP contribution in [0.15, 0.2) is 78.0 Å². The number of amides is 3. The molecule has 0 spiro atoms. The number of aliphatic imine (C=N–C) groups is 1. The van der Waals surface area contributed by atoms with Gasteiger partial charge in [-0.2, -0.15) is 4.99 Å². The lowest BCUT2D eigenvalue weighted by Crippen LogP contribution is -2.32. The van der Waals surface area contributed by atoms with Gasteiger partial charge in [0.05, 0.1) is 24.2 Å². The quantitative estimate of drug-likeness (QED) is 0.230. The van der Waals surface area contributed by atoms with Crippen molar-refractivity contribution in [3.8, 4) is 28.6 Å². The molecule has 1 N–H and O–H groups in total. The monoisotopic (exact) mass is 624 g/mol. The molecule has 2 heterocycles. The van der Waals surface area contributed by atoms with E-state index in [-0.39, 0.29) is 17.4 Å². The molecule has 228 valence electrons. The average molecular weight is 625 g/mol. The highest BCUT2D eigenvalue weighted by atomic mass is 32.2. The molecule has 0 saturated carbocycles. The van der Waals surface area contributed by atoms with Gasteiger partial charge in [0, 0.05) is 12.1 Å². The molecule has 0 bridgehead atoms. The molecule has 3 amide bonds. The highest BCUT2D eigenvalue weighted by Crippen LogP contribution is 2.31. The van der Waals surface area contributed by atoms with Crippen molar-refractivity contribution in [1.29, 1.82) is 0 Å². The van der Waals surface area contributed by atoms with Crippen molar-refractivity contribution in [2.75, 3.05) is 24.3 Å². The first-order chi connectivity index (χ1) is 21.1. The van der Waals surface area contributed by atoms with Gasteiger partial charge >= 0.3 is 12.4 Å². The van der Waals surface area contributed by atoms with E-state index in [4.69, 9.17) is 4.74 Å². The maximum atomic E-state index is 12.5. The van der Waals surface area contributed by atoms with Crippen LogP contribution in [0.1, 0.15) is 17.5 Å². The van der Waals surface area contributed by atoms with Gasteiger partial charge < -0.3 is 14.8 Å². The van der Waals surface area contributed by atoms with Crippen LogP contribution in [0.2, 0.25) is 0 Å². The summed E-state index contributed by atoms with van der Waals surface area (Å²) in [5.74, 6) is 0.877. The molecule has 44 heavy (non-hydrogen) atoms. The highest BCUT2D eigenvalue weighted by Gasteiger charge is 2.32. The Balaban J connectivity index is 1.12. The van der Waals surface area contributed by atoms with Gasteiger partial charge in [-0.15, -0.1) is 18.3 Å². The smallest absolute Gasteiger partial charge is 0.497 e. The molecule has 1 fully saturated rings. The van der Waals surface area contributed by atoms with Gasteiger partial charge in [-0.3, -0.25) is 9.69 Å². The van der Waals surface area contributed by atoms with Gasteiger partial charge in [0.15, 0.2) is 11.0 Å². The van der Waals surface area contributed by atoms with E-state index < -0.39 is 12.4 Å². The fourth-order valence-electron chi connectivity index (χ4n) is 4.44. The van der Waals surface area contributed by atoms with Crippen LogP contribution in [0.25, 0.3) is 17.1 Å². The summed E-state index contributed by atoms with van der Waals surface area (Å²) in [7, 11) is 1.57. The van der Waals surface area contributed by atoms with Crippen LogP contribution in [0.4, 0.5) is 23.7 Å². The standard InChI is InChI=1S/C30H27F3N6O4S/c1-19-16-24(42-2)13-14-25(19)39-26(40)17-44-29(39)36-28(41)34-15-3-4-20-5-7-21(8-6-20)27-35-18-38(37-27)22-9-11-23(12-10-22)43-30(31,32)33/h5-14,16,18H,3-4,15,17H2,1-2H3,(H,34,41). The number of carbonyl (C=O) groups is 2. The molecule has 3 aromatic carbocycles. The Hall–Kier alpha value is -4.85. The molecule has 5 rings (SSSR count). The Morgan fingerprint density at radius 2 is 1.80 bits per heavy atom. The molecule has 1 saturated heterocycles. The molecule has 1 aliphatic rings. The van der Waals surface area contributed by atoms with Gasteiger partial charge in [0.2, 0.25) is 5.91 Å². The number of rotatable bonds is 9. The Bertz CT molecular complexity index is 1670. The second-order valence-corrected chi connectivity index (χ2v) is 10.6. The van der Waals surface area contributed by atoms with Crippen molar-refractivity contribution < 1.29 is 32.2 Å². The number of aromatic nitrogens is 3. The lowest BCUT2D eigenvalue weighted by molar-refractivity contribution is -0.274. The number of amidine groups is 1. The second-order valence-electron chi connectivity index (χ2n) is 9.65. The van der Waals surface area contributed by atoms with Gasteiger partial charge in [-0.1, -0.05) is 36.0 Å². The third-order valence-corrected chi connectivity index (χ3v) is 7.49. The first-order valence-electron chi connectivity index (χ1n) is 13.4. The number of carbonyl (C=O) groups excluding carboxylic acids is 2. The van der Waals surface area contributed by atoms with Crippen LogP contribution < -0.4 is 19.7 Å². The highest BCUT2D eigenvalue weighted by molar-refractivity contribution is 8.15. The molecule has 0 radical (unpaired) electrons. The Kier molecular flexibility index (Phi) is 9.18. The molecule has 1 aromatic heterocycles. The van der Waals surface area contributed by atoms with Crippen molar-refractivity contribution in [2.24, 2.45) is 4.99 Å². The normalized spacial score (nSPS) is 14.2. The molecule has 0 atom stereocenters. The molecule has 4 aromatic rings. The Morgan fingerprint density at radius 1 is 1.07 bits per heavy atom. The topological polar surface area (TPSA) is 111 Å². The van der Waals surface area contributed by atoms with Gasteiger partial charge in [-0.25, -0.2) is 14.5 Å². The van der Waals surface area contributed by atoms with Crippen LogP contribution in [-0.4, -0.2) is 57.6 Å². The first kappa shape index (κ1) is 30.6. The molecule has 0 aliphatic carbocycles. The number of nitrogens with one attached hydrogen (secondary N) is 1. The molecule has 1 aliphatic heterocycles. The summed E-state index contributed by atoms with van der Waals surface area (Å²) in [4.78, 5) is 35.0. The number of benzene rings is 3. The minimum absolute atomic E-state index is 0.145. The van der Waals surface area contributed by atoms with Crippen LogP contribution in [-0.2, 0) is 11.2 Å². The zero-order valence-electron chi connectivity index (χ0n) is 23.7. The number of aryl methyl sites for hydroxylation is 2. The van der Waals surface area contributed by atoms with E-state index in [1.807, 2.05) is 37.3 Å². The van der Waals surface area contributed by atoms with E-state index in [0.29, 0.717) is 47.5 Å². The number of hydrogen-bond donors (Lipinski definition) is 1. The van der Waals surface area contributed by atoms with Gasteiger partial charge in [0.1, 0.15) is 17.8 Å². The van der Waals surface area contributed by atoms with Crippen molar-refractivity contribution in [1.82, 2.24) is 20.1 Å². The zero-order valence-corrected chi connectivity index (χ0v) is 24.5. The summed E-state index contributed by atoms with van der Waals surface area (Å²) >= 11 is 1.22. The zero-order chi connectivity index (χ0) is 31.3. The number of ether oxygens (including phenoxy) is 2. The Labute approximate surface area is 254 Å². The molecular formula is C30H27F3N6O4S. The van der Waals surface area contributed by atoms with Crippen LogP contribution >= 0.6 is 11.8 Å². The lowest BCUT2D eigenvalue weighted by atomic mass is 10.1. The summed E-state index contributed by atoms with van der Waals surface area (Å²) in [5, 5.41) is 7.53. The largest absolute Gasteiger partial charge is 0.573 e. The fourth-order valence-corrected chi connectivity index (χ4v) is 5.30. The summed E-state index contributed by atoms with van der Waals surface area (Å²) in [6, 6.07) is 17.8.